The lowest BCUT2D eigenvalue weighted by atomic mass is 10.1. The fraction of sp³-hybridized carbons (Fsp3) is 0.889. The number of rotatable bonds is 2. The van der Waals surface area contributed by atoms with Gasteiger partial charge in [-0.05, 0) is 20.8 Å². The Morgan fingerprint density at radius 1 is 1.62 bits per heavy atom. The van der Waals surface area contributed by atoms with Crippen LogP contribution in [0, 0.1) is 0 Å². The Balaban J connectivity index is 2.56. The van der Waals surface area contributed by atoms with E-state index in [0.29, 0.717) is 4.99 Å². The summed E-state index contributed by atoms with van der Waals surface area (Å²) >= 11 is 4.97. The zero-order valence-electron chi connectivity index (χ0n) is 8.54. The highest BCUT2D eigenvalue weighted by Gasteiger charge is 2.30. The van der Waals surface area contributed by atoms with E-state index in [1.165, 1.54) is 0 Å². The summed E-state index contributed by atoms with van der Waals surface area (Å²) in [5, 5.41) is 0. The summed E-state index contributed by atoms with van der Waals surface area (Å²) in [6.07, 6.45) is 0. The molecule has 1 unspecified atom stereocenters. The quantitative estimate of drug-likeness (QED) is 0.671. The maximum absolute atomic E-state index is 5.60. The third-order valence-corrected chi connectivity index (χ3v) is 2.76. The molecule has 0 aromatic heterocycles. The van der Waals surface area contributed by atoms with Crippen molar-refractivity contribution in [3.05, 3.63) is 0 Å². The van der Waals surface area contributed by atoms with Crippen molar-refractivity contribution in [3.63, 3.8) is 0 Å². The second kappa shape index (κ2) is 3.90. The summed E-state index contributed by atoms with van der Waals surface area (Å²) in [6, 6.07) is 0.179. The minimum atomic E-state index is -0.0721. The number of hydrogen-bond donors (Lipinski definition) is 1. The molecule has 0 radical (unpaired) electrons. The van der Waals surface area contributed by atoms with Gasteiger partial charge in [-0.25, -0.2) is 0 Å². The summed E-state index contributed by atoms with van der Waals surface area (Å²) in [4.78, 5) is 2.84. The molecule has 1 heterocycles. The molecule has 1 fully saturated rings. The average molecular weight is 202 g/mol. The third-order valence-electron chi connectivity index (χ3n) is 2.41. The van der Waals surface area contributed by atoms with E-state index < -0.39 is 0 Å². The smallest absolute Gasteiger partial charge is 0.0899 e. The molecular weight excluding hydrogens is 184 g/mol. The van der Waals surface area contributed by atoms with Crippen LogP contribution in [-0.2, 0) is 4.74 Å². The lowest BCUT2D eigenvalue weighted by molar-refractivity contribution is -0.0893. The van der Waals surface area contributed by atoms with E-state index in [1.807, 2.05) is 6.92 Å². The van der Waals surface area contributed by atoms with Crippen molar-refractivity contribution in [1.29, 1.82) is 0 Å². The second-order valence-electron chi connectivity index (χ2n) is 4.16. The number of hydrogen-bond acceptors (Lipinski definition) is 3. The third kappa shape index (κ3) is 2.90. The molecule has 3 nitrogen and oxygen atoms in total. The molecule has 1 aliphatic rings. The van der Waals surface area contributed by atoms with Gasteiger partial charge < -0.3 is 10.5 Å². The van der Waals surface area contributed by atoms with E-state index in [2.05, 4.69) is 18.7 Å². The van der Waals surface area contributed by atoms with Crippen LogP contribution in [0.25, 0.3) is 0 Å². The van der Waals surface area contributed by atoms with Gasteiger partial charge >= 0.3 is 0 Å². The van der Waals surface area contributed by atoms with Gasteiger partial charge in [-0.2, -0.15) is 0 Å². The van der Waals surface area contributed by atoms with Gasteiger partial charge in [-0.1, -0.05) is 12.2 Å². The normalized spacial score (nSPS) is 25.5. The lowest BCUT2D eigenvalue weighted by Gasteiger charge is -2.40. The maximum atomic E-state index is 5.60. The molecule has 0 bridgehead atoms. The van der Waals surface area contributed by atoms with Crippen LogP contribution in [0.4, 0.5) is 0 Å². The Labute approximate surface area is 85.2 Å². The Hall–Kier alpha value is -0.190. The molecule has 76 valence electrons. The summed E-state index contributed by atoms with van der Waals surface area (Å²) in [7, 11) is 0. The standard InChI is InChI=1S/C9H18N2OS/c1-7(8(10)13)11-4-5-12-9(2,3)6-11/h7H,4-6H2,1-3H3,(H2,10,13). The van der Waals surface area contributed by atoms with E-state index in [1.54, 1.807) is 0 Å². The van der Waals surface area contributed by atoms with Gasteiger partial charge in [0.2, 0.25) is 0 Å². The number of nitrogens with zero attached hydrogens (tertiary/aromatic N) is 1. The number of nitrogens with two attached hydrogens (primary N) is 1. The first-order valence-electron chi connectivity index (χ1n) is 4.60. The zero-order chi connectivity index (χ0) is 10.1. The van der Waals surface area contributed by atoms with Crippen molar-refractivity contribution in [2.24, 2.45) is 5.73 Å². The number of ether oxygens (including phenoxy) is 1. The van der Waals surface area contributed by atoms with Crippen molar-refractivity contribution in [2.75, 3.05) is 19.7 Å². The molecule has 0 aromatic carbocycles. The summed E-state index contributed by atoms with van der Waals surface area (Å²) in [5.41, 5.74) is 5.53. The van der Waals surface area contributed by atoms with Gasteiger partial charge in [-0.15, -0.1) is 0 Å². The van der Waals surface area contributed by atoms with Crippen LogP contribution < -0.4 is 5.73 Å². The molecule has 1 aliphatic heterocycles. The van der Waals surface area contributed by atoms with Crippen LogP contribution in [-0.4, -0.2) is 41.2 Å². The van der Waals surface area contributed by atoms with Crippen LogP contribution in [0.2, 0.25) is 0 Å². The predicted molar refractivity (Wildman–Crippen MR) is 57.9 cm³/mol. The van der Waals surface area contributed by atoms with Crippen LogP contribution in [0.15, 0.2) is 0 Å². The minimum Gasteiger partial charge on any atom is -0.392 e. The molecule has 0 aromatic rings. The molecule has 0 aliphatic carbocycles. The predicted octanol–water partition coefficient (Wildman–Crippen LogP) is 0.772. The maximum Gasteiger partial charge on any atom is 0.0899 e. The average Bonchev–Trinajstić information content (AvgIpc) is 2.01. The molecule has 0 saturated carbocycles. The minimum absolute atomic E-state index is 0.0721. The van der Waals surface area contributed by atoms with E-state index in [4.69, 9.17) is 22.7 Å². The van der Waals surface area contributed by atoms with E-state index in [9.17, 15) is 0 Å². The van der Waals surface area contributed by atoms with Crippen LogP contribution >= 0.6 is 12.2 Å². The molecule has 4 heteroatoms. The van der Waals surface area contributed by atoms with Crippen LogP contribution in [0.5, 0.6) is 0 Å². The van der Waals surface area contributed by atoms with Gasteiger partial charge in [0.1, 0.15) is 0 Å². The Morgan fingerprint density at radius 2 is 2.23 bits per heavy atom. The first kappa shape index (κ1) is 10.9. The van der Waals surface area contributed by atoms with Crippen molar-refractivity contribution in [2.45, 2.75) is 32.4 Å². The van der Waals surface area contributed by atoms with Crippen molar-refractivity contribution in [3.8, 4) is 0 Å². The second-order valence-corrected chi connectivity index (χ2v) is 4.63. The summed E-state index contributed by atoms with van der Waals surface area (Å²) in [5.74, 6) is 0. The van der Waals surface area contributed by atoms with Crippen LogP contribution in [0.1, 0.15) is 20.8 Å². The highest BCUT2D eigenvalue weighted by atomic mass is 32.1. The van der Waals surface area contributed by atoms with Crippen molar-refractivity contribution >= 4 is 17.2 Å². The van der Waals surface area contributed by atoms with Crippen molar-refractivity contribution in [1.82, 2.24) is 4.90 Å². The first-order chi connectivity index (χ1) is 5.92. The van der Waals surface area contributed by atoms with E-state index in [-0.39, 0.29) is 11.6 Å². The summed E-state index contributed by atoms with van der Waals surface area (Å²) < 4.78 is 5.60. The number of thiocarbonyl (C=S) groups is 1. The van der Waals surface area contributed by atoms with Gasteiger partial charge in [0.15, 0.2) is 0 Å². The van der Waals surface area contributed by atoms with E-state index in [0.717, 1.165) is 19.7 Å². The molecule has 0 amide bonds. The van der Waals surface area contributed by atoms with Crippen molar-refractivity contribution < 1.29 is 4.74 Å². The van der Waals surface area contributed by atoms with Gasteiger partial charge in [0.05, 0.1) is 23.2 Å². The lowest BCUT2D eigenvalue weighted by Crippen LogP contribution is -2.54. The monoisotopic (exact) mass is 202 g/mol. The molecule has 1 rings (SSSR count). The fourth-order valence-corrected chi connectivity index (χ4v) is 1.71. The van der Waals surface area contributed by atoms with Crippen LogP contribution in [0.3, 0.4) is 0 Å². The zero-order valence-corrected chi connectivity index (χ0v) is 9.36. The highest BCUT2D eigenvalue weighted by Crippen LogP contribution is 2.18. The molecular formula is C9H18N2OS. The first-order valence-corrected chi connectivity index (χ1v) is 5.00. The SMILES string of the molecule is CC(C(N)=S)N1CCOC(C)(C)C1. The molecule has 1 saturated heterocycles. The topological polar surface area (TPSA) is 38.5 Å². The largest absolute Gasteiger partial charge is 0.392 e. The van der Waals surface area contributed by atoms with Gasteiger partial charge in [-0.3, -0.25) is 4.90 Å². The molecule has 0 spiro atoms. The van der Waals surface area contributed by atoms with E-state index >= 15 is 0 Å². The van der Waals surface area contributed by atoms with Gasteiger partial charge in [0, 0.05) is 13.1 Å². The number of morpholine rings is 1. The Bertz CT molecular complexity index is 206. The Kier molecular flexibility index (Phi) is 3.27. The molecule has 1 atom stereocenters. The molecule has 13 heavy (non-hydrogen) atoms. The fourth-order valence-electron chi connectivity index (χ4n) is 1.56. The highest BCUT2D eigenvalue weighted by molar-refractivity contribution is 7.80. The summed E-state index contributed by atoms with van der Waals surface area (Å²) in [6.45, 7) is 8.80. The van der Waals surface area contributed by atoms with Gasteiger partial charge in [0.25, 0.3) is 0 Å². The Morgan fingerprint density at radius 3 is 2.69 bits per heavy atom. The molecule has 2 N–H and O–H groups in total.